The predicted molar refractivity (Wildman–Crippen MR) is 51.8 cm³/mol. The molecule has 1 unspecified atom stereocenters. The molecule has 1 heterocycles. The van der Waals surface area contributed by atoms with Crippen LogP contribution in [0.15, 0.2) is 17.5 Å². The second-order valence-corrected chi connectivity index (χ2v) is 4.33. The van der Waals surface area contributed by atoms with Gasteiger partial charge in [0.15, 0.2) is 0 Å². The maximum Gasteiger partial charge on any atom is 0.135 e. The van der Waals surface area contributed by atoms with Crippen LogP contribution in [-0.2, 0) is 16.1 Å². The van der Waals surface area contributed by atoms with Gasteiger partial charge in [-0.2, -0.15) is 0 Å². The zero-order valence-electron chi connectivity index (χ0n) is 7.36. The lowest BCUT2D eigenvalue weighted by Crippen LogP contribution is -2.07. The van der Waals surface area contributed by atoms with Gasteiger partial charge in [0.2, 0.25) is 0 Å². The number of hydrogen-bond donors (Lipinski definition) is 0. The summed E-state index contributed by atoms with van der Waals surface area (Å²) in [5, 5.41) is 2.04. The van der Waals surface area contributed by atoms with E-state index in [1.807, 2.05) is 11.4 Å². The van der Waals surface area contributed by atoms with Crippen molar-refractivity contribution in [2.75, 3.05) is 0 Å². The Morgan fingerprint density at radius 2 is 2.54 bits per heavy atom. The van der Waals surface area contributed by atoms with Crippen molar-refractivity contribution in [1.29, 1.82) is 0 Å². The molecule has 0 N–H and O–H groups in total. The largest absolute Gasteiger partial charge is 0.372 e. The molecule has 2 nitrogen and oxygen atoms in total. The van der Waals surface area contributed by atoms with Gasteiger partial charge < -0.3 is 4.74 Å². The number of ether oxygens (including phenoxy) is 1. The smallest absolute Gasteiger partial charge is 0.135 e. The zero-order valence-corrected chi connectivity index (χ0v) is 8.18. The molecule has 1 atom stereocenters. The lowest BCUT2D eigenvalue weighted by molar-refractivity contribution is -0.118. The Bertz CT molecular complexity index is 279. The molecule has 0 spiro atoms. The lowest BCUT2D eigenvalue weighted by atomic mass is 10.3. The number of carbonyl (C=O) groups is 1. The van der Waals surface area contributed by atoms with Crippen molar-refractivity contribution in [3.05, 3.63) is 22.4 Å². The van der Waals surface area contributed by atoms with Gasteiger partial charge in [-0.05, 0) is 17.9 Å². The molecule has 70 valence electrons. The Kier molecular flexibility index (Phi) is 2.76. The van der Waals surface area contributed by atoms with Crippen molar-refractivity contribution >= 4 is 17.1 Å². The van der Waals surface area contributed by atoms with Crippen molar-refractivity contribution in [1.82, 2.24) is 0 Å². The molecule has 1 aliphatic rings. The van der Waals surface area contributed by atoms with E-state index < -0.39 is 0 Å². The normalized spacial score (nSPS) is 22.5. The number of Topliss-reactive ketones (excluding diaryl/α,β-unsaturated/α-hetero) is 1. The highest BCUT2D eigenvalue weighted by atomic mass is 32.1. The first-order valence-corrected chi connectivity index (χ1v) is 5.38. The third kappa shape index (κ3) is 2.39. The fourth-order valence-electron chi connectivity index (χ4n) is 1.52. The second kappa shape index (κ2) is 4.03. The van der Waals surface area contributed by atoms with Crippen molar-refractivity contribution in [3.63, 3.8) is 0 Å². The average molecular weight is 196 g/mol. The van der Waals surface area contributed by atoms with Crippen molar-refractivity contribution in [2.24, 2.45) is 0 Å². The standard InChI is InChI=1S/C10H12O2S/c11-8-3-4-9(6-8)12-7-10-2-1-5-13-10/h1-2,5,9H,3-4,6-7H2. The first kappa shape index (κ1) is 8.91. The van der Waals surface area contributed by atoms with Gasteiger partial charge in [-0.25, -0.2) is 0 Å². The number of ketones is 1. The minimum atomic E-state index is 0.176. The Labute approximate surface area is 81.5 Å². The van der Waals surface area contributed by atoms with Gasteiger partial charge in [0, 0.05) is 17.7 Å². The minimum absolute atomic E-state index is 0.176. The van der Waals surface area contributed by atoms with Crippen LogP contribution in [0.3, 0.4) is 0 Å². The Hall–Kier alpha value is -0.670. The van der Waals surface area contributed by atoms with Crippen molar-refractivity contribution in [2.45, 2.75) is 32.0 Å². The SMILES string of the molecule is O=C1CCC(OCc2cccs2)C1. The Morgan fingerprint density at radius 3 is 3.15 bits per heavy atom. The van der Waals surface area contributed by atoms with Crippen LogP contribution in [0.25, 0.3) is 0 Å². The van der Waals surface area contributed by atoms with E-state index in [0.29, 0.717) is 25.2 Å². The monoisotopic (exact) mass is 196 g/mol. The summed E-state index contributed by atoms with van der Waals surface area (Å²) in [6.45, 7) is 0.662. The summed E-state index contributed by atoms with van der Waals surface area (Å²) in [4.78, 5) is 12.2. The number of carbonyl (C=O) groups excluding carboxylic acids is 1. The molecule has 1 aromatic heterocycles. The van der Waals surface area contributed by atoms with E-state index in [4.69, 9.17) is 4.74 Å². The number of thiophene rings is 1. The maximum absolute atomic E-state index is 10.9. The van der Waals surface area contributed by atoms with E-state index in [1.54, 1.807) is 11.3 Å². The van der Waals surface area contributed by atoms with E-state index in [0.717, 1.165) is 6.42 Å². The van der Waals surface area contributed by atoms with Crippen LogP contribution in [0.5, 0.6) is 0 Å². The van der Waals surface area contributed by atoms with Crippen LogP contribution in [0, 0.1) is 0 Å². The van der Waals surface area contributed by atoms with E-state index in [9.17, 15) is 4.79 Å². The molecule has 1 aliphatic carbocycles. The molecule has 0 aromatic carbocycles. The fourth-order valence-corrected chi connectivity index (χ4v) is 2.14. The summed E-state index contributed by atoms with van der Waals surface area (Å²) in [6, 6.07) is 4.07. The van der Waals surface area contributed by atoms with Gasteiger partial charge in [0.25, 0.3) is 0 Å². The third-order valence-corrected chi connectivity index (χ3v) is 3.09. The molecule has 1 fully saturated rings. The average Bonchev–Trinajstić information content (AvgIpc) is 2.71. The minimum Gasteiger partial charge on any atom is -0.372 e. The second-order valence-electron chi connectivity index (χ2n) is 3.29. The molecule has 0 amide bonds. The van der Waals surface area contributed by atoms with Crippen molar-refractivity contribution < 1.29 is 9.53 Å². The van der Waals surface area contributed by atoms with Crippen LogP contribution in [-0.4, -0.2) is 11.9 Å². The summed E-state index contributed by atoms with van der Waals surface area (Å²) in [7, 11) is 0. The molecule has 0 saturated heterocycles. The molecule has 13 heavy (non-hydrogen) atoms. The Morgan fingerprint density at radius 1 is 1.62 bits per heavy atom. The number of rotatable bonds is 3. The zero-order chi connectivity index (χ0) is 9.10. The quantitative estimate of drug-likeness (QED) is 0.742. The first-order valence-electron chi connectivity index (χ1n) is 4.50. The predicted octanol–water partition coefficient (Wildman–Crippen LogP) is 2.39. The van der Waals surface area contributed by atoms with Gasteiger partial charge in [-0.15, -0.1) is 11.3 Å². The maximum atomic E-state index is 10.9. The van der Waals surface area contributed by atoms with E-state index in [2.05, 4.69) is 6.07 Å². The van der Waals surface area contributed by atoms with Crippen LogP contribution >= 0.6 is 11.3 Å². The summed E-state index contributed by atoms with van der Waals surface area (Å²) in [5.41, 5.74) is 0. The van der Waals surface area contributed by atoms with Gasteiger partial charge in [-0.1, -0.05) is 6.07 Å². The fraction of sp³-hybridized carbons (Fsp3) is 0.500. The van der Waals surface area contributed by atoms with E-state index >= 15 is 0 Å². The molecule has 1 saturated carbocycles. The van der Waals surface area contributed by atoms with Crippen LogP contribution in [0.4, 0.5) is 0 Å². The summed E-state index contributed by atoms with van der Waals surface area (Å²) < 4.78 is 5.61. The van der Waals surface area contributed by atoms with Crippen molar-refractivity contribution in [3.8, 4) is 0 Å². The highest BCUT2D eigenvalue weighted by Crippen LogP contribution is 2.20. The topological polar surface area (TPSA) is 26.3 Å². The number of hydrogen-bond acceptors (Lipinski definition) is 3. The summed E-state index contributed by atoms with van der Waals surface area (Å²) >= 11 is 1.70. The van der Waals surface area contributed by atoms with Gasteiger partial charge >= 0.3 is 0 Å². The van der Waals surface area contributed by atoms with Crippen LogP contribution in [0.2, 0.25) is 0 Å². The Balaban J connectivity index is 1.77. The van der Waals surface area contributed by atoms with E-state index in [1.165, 1.54) is 4.88 Å². The molecule has 1 aromatic rings. The molecular formula is C10H12O2S. The molecular weight excluding hydrogens is 184 g/mol. The van der Waals surface area contributed by atoms with Gasteiger partial charge in [0.05, 0.1) is 12.7 Å². The highest BCUT2D eigenvalue weighted by Gasteiger charge is 2.22. The summed E-state index contributed by atoms with van der Waals surface area (Å²) in [5.74, 6) is 0.344. The molecule has 0 aliphatic heterocycles. The first-order chi connectivity index (χ1) is 6.34. The van der Waals surface area contributed by atoms with Gasteiger partial charge in [0.1, 0.15) is 5.78 Å². The third-order valence-electron chi connectivity index (χ3n) is 2.24. The lowest BCUT2D eigenvalue weighted by Gasteiger charge is -2.08. The molecule has 0 bridgehead atoms. The van der Waals surface area contributed by atoms with Gasteiger partial charge in [-0.3, -0.25) is 4.79 Å². The molecule has 0 radical (unpaired) electrons. The molecule has 2 rings (SSSR count). The van der Waals surface area contributed by atoms with Crippen LogP contribution in [0.1, 0.15) is 24.1 Å². The highest BCUT2D eigenvalue weighted by molar-refractivity contribution is 7.09. The summed E-state index contributed by atoms with van der Waals surface area (Å²) in [6.07, 6.45) is 2.40. The molecule has 3 heteroatoms. The van der Waals surface area contributed by atoms with Crippen LogP contribution < -0.4 is 0 Å². The van der Waals surface area contributed by atoms with E-state index in [-0.39, 0.29) is 6.10 Å².